The van der Waals surface area contributed by atoms with Gasteiger partial charge in [0.1, 0.15) is 5.82 Å². The molecular formula is C9H10ClFO. The van der Waals surface area contributed by atoms with Crippen LogP contribution in [0.5, 0.6) is 0 Å². The van der Waals surface area contributed by atoms with Gasteiger partial charge in [0.15, 0.2) is 0 Å². The van der Waals surface area contributed by atoms with Crippen molar-refractivity contribution in [2.24, 2.45) is 0 Å². The lowest BCUT2D eigenvalue weighted by molar-refractivity contribution is 0.202. The van der Waals surface area contributed by atoms with E-state index in [2.05, 4.69) is 0 Å². The van der Waals surface area contributed by atoms with Crippen molar-refractivity contribution >= 4 is 11.6 Å². The van der Waals surface area contributed by atoms with Crippen molar-refractivity contribution in [1.82, 2.24) is 0 Å². The Bertz CT molecular complexity index is 275. The third-order valence-electron chi connectivity index (χ3n) is 1.73. The molecule has 0 aliphatic heterocycles. The summed E-state index contributed by atoms with van der Waals surface area (Å²) in [6.45, 7) is 1.67. The monoisotopic (exact) mass is 188 g/mol. The second-order valence-corrected chi connectivity index (χ2v) is 2.99. The van der Waals surface area contributed by atoms with Crippen molar-refractivity contribution in [3.8, 4) is 0 Å². The summed E-state index contributed by atoms with van der Waals surface area (Å²) in [5.41, 5.74) is 1.09. The largest absolute Gasteiger partial charge is 0.387 e. The van der Waals surface area contributed by atoms with Gasteiger partial charge in [0.25, 0.3) is 0 Å². The average molecular weight is 189 g/mol. The van der Waals surface area contributed by atoms with Crippen molar-refractivity contribution in [3.63, 3.8) is 0 Å². The van der Waals surface area contributed by atoms with Crippen LogP contribution in [0.15, 0.2) is 18.2 Å². The number of rotatable bonds is 2. The Hall–Kier alpha value is -0.600. The first-order chi connectivity index (χ1) is 5.65. The van der Waals surface area contributed by atoms with Crippen LogP contribution in [0.3, 0.4) is 0 Å². The summed E-state index contributed by atoms with van der Waals surface area (Å²) in [6.07, 6.45) is -0.776. The van der Waals surface area contributed by atoms with Gasteiger partial charge in [-0.2, -0.15) is 0 Å². The molecule has 0 aromatic heterocycles. The van der Waals surface area contributed by atoms with E-state index in [0.717, 1.165) is 0 Å². The molecule has 0 saturated heterocycles. The predicted octanol–water partition coefficient (Wildman–Crippen LogP) is 2.41. The van der Waals surface area contributed by atoms with Crippen LogP contribution in [0.2, 0.25) is 0 Å². The van der Waals surface area contributed by atoms with Crippen molar-refractivity contribution in [2.45, 2.75) is 13.0 Å². The lowest BCUT2D eigenvalue weighted by atomic mass is 10.1. The summed E-state index contributed by atoms with van der Waals surface area (Å²) in [6, 6.07) is 4.61. The van der Waals surface area contributed by atoms with Crippen molar-refractivity contribution < 1.29 is 9.50 Å². The number of halogens is 2. The zero-order valence-corrected chi connectivity index (χ0v) is 7.48. The van der Waals surface area contributed by atoms with Crippen LogP contribution >= 0.6 is 11.6 Å². The van der Waals surface area contributed by atoms with Crippen LogP contribution in [0.25, 0.3) is 0 Å². The summed E-state index contributed by atoms with van der Waals surface area (Å²) in [5, 5.41) is 9.25. The minimum Gasteiger partial charge on any atom is -0.387 e. The van der Waals surface area contributed by atoms with E-state index in [-0.39, 0.29) is 11.7 Å². The molecule has 0 aliphatic rings. The third kappa shape index (κ3) is 1.96. The van der Waals surface area contributed by atoms with Crippen LogP contribution in [0.1, 0.15) is 17.2 Å². The molecule has 0 unspecified atom stereocenters. The highest BCUT2D eigenvalue weighted by molar-refractivity contribution is 6.18. The van der Waals surface area contributed by atoms with Crippen LogP contribution in [0, 0.1) is 12.7 Å². The van der Waals surface area contributed by atoms with Gasteiger partial charge < -0.3 is 5.11 Å². The van der Waals surface area contributed by atoms with E-state index in [4.69, 9.17) is 11.6 Å². The maximum absolute atomic E-state index is 12.9. The summed E-state index contributed by atoms with van der Waals surface area (Å²) in [4.78, 5) is 0. The Morgan fingerprint density at radius 3 is 2.75 bits per heavy atom. The molecule has 0 amide bonds. The molecule has 0 radical (unpaired) electrons. The SMILES string of the molecule is Cc1ccc([C@H](O)CCl)cc1F. The van der Waals surface area contributed by atoms with E-state index in [1.807, 2.05) is 0 Å². The topological polar surface area (TPSA) is 20.2 Å². The smallest absolute Gasteiger partial charge is 0.126 e. The molecule has 1 nitrogen and oxygen atoms in total. The molecule has 0 saturated carbocycles. The minimum atomic E-state index is -0.776. The quantitative estimate of drug-likeness (QED) is 0.707. The molecule has 1 atom stereocenters. The molecule has 12 heavy (non-hydrogen) atoms. The van der Waals surface area contributed by atoms with Crippen LogP contribution in [0.4, 0.5) is 4.39 Å². The Kier molecular flexibility index (Phi) is 3.06. The van der Waals surface area contributed by atoms with Crippen molar-refractivity contribution in [3.05, 3.63) is 35.1 Å². The molecule has 0 fully saturated rings. The van der Waals surface area contributed by atoms with Crippen molar-refractivity contribution in [1.29, 1.82) is 0 Å². The third-order valence-corrected chi connectivity index (χ3v) is 2.02. The maximum Gasteiger partial charge on any atom is 0.126 e. The highest BCUT2D eigenvalue weighted by atomic mass is 35.5. The standard InChI is InChI=1S/C9H10ClFO/c1-6-2-3-7(4-8(6)11)9(12)5-10/h2-4,9,12H,5H2,1H3/t9-/m1/s1. The highest BCUT2D eigenvalue weighted by Crippen LogP contribution is 2.17. The lowest BCUT2D eigenvalue weighted by Gasteiger charge is -2.07. The van der Waals surface area contributed by atoms with Gasteiger partial charge >= 0.3 is 0 Å². The molecule has 1 N–H and O–H groups in total. The molecule has 0 aliphatic carbocycles. The van der Waals surface area contributed by atoms with E-state index >= 15 is 0 Å². The Labute approximate surface area is 75.8 Å². The van der Waals surface area contributed by atoms with Crippen molar-refractivity contribution in [2.75, 3.05) is 5.88 Å². The van der Waals surface area contributed by atoms with E-state index in [1.165, 1.54) is 6.07 Å². The molecular weight excluding hydrogens is 179 g/mol. The molecule has 3 heteroatoms. The molecule has 1 rings (SSSR count). The van der Waals surface area contributed by atoms with E-state index in [9.17, 15) is 9.50 Å². The molecule has 1 aromatic carbocycles. The van der Waals surface area contributed by atoms with E-state index in [1.54, 1.807) is 19.1 Å². The number of aliphatic hydroxyl groups is 1. The van der Waals surface area contributed by atoms with Gasteiger partial charge in [-0.25, -0.2) is 4.39 Å². The number of hydrogen-bond acceptors (Lipinski definition) is 1. The first kappa shape index (κ1) is 9.49. The summed E-state index contributed by atoms with van der Waals surface area (Å²) in [5.74, 6) is -0.223. The fourth-order valence-corrected chi connectivity index (χ4v) is 1.08. The van der Waals surface area contributed by atoms with E-state index in [0.29, 0.717) is 11.1 Å². The zero-order chi connectivity index (χ0) is 9.14. The first-order valence-electron chi connectivity index (χ1n) is 3.65. The van der Waals surface area contributed by atoms with Gasteiger partial charge in [0, 0.05) is 0 Å². The van der Waals surface area contributed by atoms with Gasteiger partial charge in [-0.15, -0.1) is 11.6 Å². The number of benzene rings is 1. The normalized spacial score (nSPS) is 13.0. The minimum absolute atomic E-state index is 0.0858. The molecule has 0 heterocycles. The second-order valence-electron chi connectivity index (χ2n) is 2.68. The Balaban J connectivity index is 2.96. The molecule has 0 bridgehead atoms. The summed E-state index contributed by atoms with van der Waals surface area (Å²) in [7, 11) is 0. The van der Waals surface area contributed by atoms with Gasteiger partial charge in [-0.3, -0.25) is 0 Å². The van der Waals surface area contributed by atoms with Crippen LogP contribution in [-0.4, -0.2) is 11.0 Å². The van der Waals surface area contributed by atoms with Gasteiger partial charge in [0.05, 0.1) is 12.0 Å². The zero-order valence-electron chi connectivity index (χ0n) is 6.72. The number of aryl methyl sites for hydroxylation is 1. The maximum atomic E-state index is 12.9. The molecule has 0 spiro atoms. The highest BCUT2D eigenvalue weighted by Gasteiger charge is 2.07. The number of aliphatic hydroxyl groups excluding tert-OH is 1. The molecule has 66 valence electrons. The van der Waals surface area contributed by atoms with Gasteiger partial charge in [0.2, 0.25) is 0 Å². The predicted molar refractivity (Wildman–Crippen MR) is 46.8 cm³/mol. The second kappa shape index (κ2) is 3.87. The Morgan fingerprint density at radius 1 is 1.58 bits per heavy atom. The first-order valence-corrected chi connectivity index (χ1v) is 4.18. The average Bonchev–Trinajstić information content (AvgIpc) is 2.08. The summed E-state index contributed by atoms with van der Waals surface area (Å²) >= 11 is 5.41. The van der Waals surface area contributed by atoms with E-state index < -0.39 is 6.10 Å². The lowest BCUT2D eigenvalue weighted by Crippen LogP contribution is -1.99. The number of alkyl halides is 1. The van der Waals surface area contributed by atoms with Gasteiger partial charge in [-0.1, -0.05) is 12.1 Å². The fourth-order valence-electron chi connectivity index (χ4n) is 0.905. The van der Waals surface area contributed by atoms with Crippen LogP contribution < -0.4 is 0 Å². The molecule has 1 aromatic rings. The van der Waals surface area contributed by atoms with Crippen LogP contribution in [-0.2, 0) is 0 Å². The number of hydrogen-bond donors (Lipinski definition) is 1. The fraction of sp³-hybridized carbons (Fsp3) is 0.333. The summed E-state index contributed by atoms with van der Waals surface area (Å²) < 4.78 is 12.9. The Morgan fingerprint density at radius 2 is 2.25 bits per heavy atom. The van der Waals surface area contributed by atoms with Gasteiger partial charge in [-0.05, 0) is 24.1 Å².